The van der Waals surface area contributed by atoms with Crippen LogP contribution in [-0.2, 0) is 4.18 Å². The highest BCUT2D eigenvalue weighted by atomic mass is 32.2. The van der Waals surface area contributed by atoms with Crippen LogP contribution in [0.2, 0.25) is 0 Å². The Kier molecular flexibility index (Phi) is 3.79. The van der Waals surface area contributed by atoms with Crippen LogP contribution in [0, 0.1) is 0 Å². The third kappa shape index (κ3) is 2.75. The van der Waals surface area contributed by atoms with Crippen LogP contribution in [0.5, 0.6) is 0 Å². The summed E-state index contributed by atoms with van der Waals surface area (Å²) in [5, 5.41) is 8.80. The van der Waals surface area contributed by atoms with Crippen LogP contribution in [0.25, 0.3) is 0 Å². The Balaban J connectivity index is 2.84. The molecule has 0 spiro atoms. The largest absolute Gasteiger partial charge is 0.478 e. The first-order valence-corrected chi connectivity index (χ1v) is 4.61. The molecule has 0 aliphatic heterocycles. The van der Waals surface area contributed by atoms with Gasteiger partial charge in [0.2, 0.25) is 0 Å². The first-order valence-electron chi connectivity index (χ1n) is 3.87. The molecule has 0 unspecified atom stereocenters. The first kappa shape index (κ1) is 10.1. The summed E-state index contributed by atoms with van der Waals surface area (Å²) in [7, 11) is 0. The molecule has 0 radical (unpaired) electrons. The van der Waals surface area contributed by atoms with Crippen molar-refractivity contribution in [2.24, 2.45) is 0 Å². The third-order valence-corrected chi connectivity index (χ3v) is 2.27. The molecule has 0 atom stereocenters. The smallest absolute Gasteiger partial charge is 0.336 e. The summed E-state index contributed by atoms with van der Waals surface area (Å²) in [4.78, 5) is 11.4. The Hall–Kier alpha value is -1.00. The quantitative estimate of drug-likeness (QED) is 0.755. The van der Waals surface area contributed by atoms with Gasteiger partial charge in [-0.3, -0.25) is 0 Å². The summed E-state index contributed by atoms with van der Waals surface area (Å²) >= 11 is 1.09. The van der Waals surface area contributed by atoms with Crippen molar-refractivity contribution >= 4 is 18.0 Å². The lowest BCUT2D eigenvalue weighted by Crippen LogP contribution is -1.98. The van der Waals surface area contributed by atoms with E-state index in [1.165, 1.54) is 0 Å². The summed E-state index contributed by atoms with van der Waals surface area (Å²) in [6.07, 6.45) is 0. The van der Waals surface area contributed by atoms with Crippen molar-refractivity contribution < 1.29 is 14.1 Å². The van der Waals surface area contributed by atoms with Crippen LogP contribution in [0.3, 0.4) is 0 Å². The summed E-state index contributed by atoms with van der Waals surface area (Å²) in [5.74, 6) is -0.928. The first-order chi connectivity index (χ1) is 6.25. The van der Waals surface area contributed by atoms with E-state index in [2.05, 4.69) is 0 Å². The number of rotatable bonds is 4. The van der Waals surface area contributed by atoms with Crippen LogP contribution >= 0.6 is 12.0 Å². The summed E-state index contributed by atoms with van der Waals surface area (Å²) in [6, 6.07) is 6.76. The van der Waals surface area contributed by atoms with Crippen molar-refractivity contribution in [1.29, 1.82) is 0 Å². The van der Waals surface area contributed by atoms with Crippen LogP contribution in [0.4, 0.5) is 0 Å². The Bertz CT molecular complexity index is 299. The van der Waals surface area contributed by atoms with Crippen LogP contribution in [-0.4, -0.2) is 17.7 Å². The number of carboxylic acids is 1. The number of carboxylic acid groups (broad SMARTS) is 1. The fourth-order valence-electron chi connectivity index (χ4n) is 0.838. The normalized spacial score (nSPS) is 9.92. The van der Waals surface area contributed by atoms with Gasteiger partial charge < -0.3 is 9.29 Å². The van der Waals surface area contributed by atoms with Gasteiger partial charge in [0.1, 0.15) is 0 Å². The maximum atomic E-state index is 10.7. The third-order valence-electron chi connectivity index (χ3n) is 1.38. The Morgan fingerprint density at radius 2 is 2.23 bits per heavy atom. The molecule has 0 aromatic heterocycles. The van der Waals surface area contributed by atoms with Gasteiger partial charge in [-0.15, -0.1) is 0 Å². The number of benzene rings is 1. The van der Waals surface area contributed by atoms with E-state index < -0.39 is 5.97 Å². The summed E-state index contributed by atoms with van der Waals surface area (Å²) in [5.41, 5.74) is 0.279. The number of aromatic carboxylic acids is 1. The van der Waals surface area contributed by atoms with Crippen molar-refractivity contribution in [3.05, 3.63) is 29.8 Å². The molecule has 3 nitrogen and oxygen atoms in total. The zero-order chi connectivity index (χ0) is 9.68. The van der Waals surface area contributed by atoms with Crippen molar-refractivity contribution in [2.45, 2.75) is 11.8 Å². The average molecular weight is 198 g/mol. The van der Waals surface area contributed by atoms with E-state index in [1.54, 1.807) is 24.3 Å². The summed E-state index contributed by atoms with van der Waals surface area (Å²) in [6.45, 7) is 2.41. The van der Waals surface area contributed by atoms with E-state index in [0.717, 1.165) is 12.0 Å². The van der Waals surface area contributed by atoms with Crippen molar-refractivity contribution in [2.75, 3.05) is 6.61 Å². The van der Waals surface area contributed by atoms with E-state index in [1.807, 2.05) is 6.92 Å². The van der Waals surface area contributed by atoms with Gasteiger partial charge in [0.05, 0.1) is 12.2 Å². The molecule has 1 aromatic carbocycles. The van der Waals surface area contributed by atoms with Crippen molar-refractivity contribution in [3.63, 3.8) is 0 Å². The molecule has 1 aromatic rings. The number of hydrogen-bond acceptors (Lipinski definition) is 3. The van der Waals surface area contributed by atoms with Gasteiger partial charge in [-0.1, -0.05) is 12.1 Å². The standard InChI is InChI=1S/C9H10O3S/c1-2-12-13-8-6-4-3-5-7(8)9(10)11/h3-6H,2H2,1H3,(H,10,11). The average Bonchev–Trinajstić information content (AvgIpc) is 2.15. The summed E-state index contributed by atoms with van der Waals surface area (Å²) < 4.78 is 5.06. The fraction of sp³-hybridized carbons (Fsp3) is 0.222. The van der Waals surface area contributed by atoms with Gasteiger partial charge in [-0.2, -0.15) is 0 Å². The maximum Gasteiger partial charge on any atom is 0.336 e. The highest BCUT2D eigenvalue weighted by Crippen LogP contribution is 2.23. The topological polar surface area (TPSA) is 46.5 Å². The molecule has 1 N–H and O–H groups in total. The van der Waals surface area contributed by atoms with E-state index in [4.69, 9.17) is 9.29 Å². The van der Waals surface area contributed by atoms with Gasteiger partial charge in [0.25, 0.3) is 0 Å². The van der Waals surface area contributed by atoms with Crippen LogP contribution < -0.4 is 0 Å². The van der Waals surface area contributed by atoms with Gasteiger partial charge >= 0.3 is 5.97 Å². The lowest BCUT2D eigenvalue weighted by Gasteiger charge is -2.03. The van der Waals surface area contributed by atoms with Gasteiger partial charge in [0.15, 0.2) is 0 Å². The second kappa shape index (κ2) is 4.89. The molecule has 0 saturated carbocycles. The Morgan fingerprint density at radius 3 is 2.85 bits per heavy atom. The second-order valence-corrected chi connectivity index (χ2v) is 3.13. The van der Waals surface area contributed by atoms with Crippen molar-refractivity contribution in [1.82, 2.24) is 0 Å². The molecule has 0 aliphatic carbocycles. The minimum atomic E-state index is -0.928. The second-order valence-electron chi connectivity index (χ2n) is 2.29. The molecule has 0 aliphatic rings. The highest BCUT2D eigenvalue weighted by Gasteiger charge is 2.08. The minimum Gasteiger partial charge on any atom is -0.478 e. The van der Waals surface area contributed by atoms with Crippen molar-refractivity contribution in [3.8, 4) is 0 Å². The molecular formula is C9H10O3S. The monoisotopic (exact) mass is 198 g/mol. The van der Waals surface area contributed by atoms with Crippen LogP contribution in [0.15, 0.2) is 29.2 Å². The molecule has 1 rings (SSSR count). The predicted molar refractivity (Wildman–Crippen MR) is 50.9 cm³/mol. The van der Waals surface area contributed by atoms with Gasteiger partial charge in [-0.25, -0.2) is 4.79 Å². The molecule has 4 heteroatoms. The van der Waals surface area contributed by atoms with Crippen LogP contribution in [0.1, 0.15) is 17.3 Å². The Labute approximate surface area is 80.9 Å². The van der Waals surface area contributed by atoms with E-state index >= 15 is 0 Å². The minimum absolute atomic E-state index is 0.279. The fourth-order valence-corrected chi connectivity index (χ4v) is 1.46. The zero-order valence-electron chi connectivity index (χ0n) is 7.19. The predicted octanol–water partition coefficient (Wildman–Crippen LogP) is 2.43. The van der Waals surface area contributed by atoms with Gasteiger partial charge in [-0.05, 0) is 19.1 Å². The number of carbonyl (C=O) groups is 1. The molecule has 13 heavy (non-hydrogen) atoms. The highest BCUT2D eigenvalue weighted by molar-refractivity contribution is 7.94. The SMILES string of the molecule is CCOSc1ccccc1C(=O)O. The van der Waals surface area contributed by atoms with E-state index in [-0.39, 0.29) is 5.56 Å². The Morgan fingerprint density at radius 1 is 1.54 bits per heavy atom. The molecule has 0 saturated heterocycles. The number of hydrogen-bond donors (Lipinski definition) is 1. The van der Waals surface area contributed by atoms with E-state index in [0.29, 0.717) is 11.5 Å². The molecule has 70 valence electrons. The molecule has 0 heterocycles. The maximum absolute atomic E-state index is 10.7. The zero-order valence-corrected chi connectivity index (χ0v) is 8.00. The lowest BCUT2D eigenvalue weighted by molar-refractivity contribution is 0.0693. The molecule has 0 fully saturated rings. The lowest BCUT2D eigenvalue weighted by atomic mass is 10.2. The molecular weight excluding hydrogens is 188 g/mol. The van der Waals surface area contributed by atoms with Gasteiger partial charge in [0, 0.05) is 16.9 Å². The van der Waals surface area contributed by atoms with E-state index in [9.17, 15) is 4.79 Å². The molecule has 0 bridgehead atoms. The molecule has 0 amide bonds.